The minimum atomic E-state index is 0.0268. The van der Waals surface area contributed by atoms with E-state index in [0.29, 0.717) is 44.0 Å². The zero-order valence-electron chi connectivity index (χ0n) is 24.2. The van der Waals surface area contributed by atoms with E-state index >= 15 is 0 Å². The molecule has 9 heteroatoms. The molecule has 0 atom stereocenters. The number of ketones is 1. The lowest BCUT2D eigenvalue weighted by Gasteiger charge is -2.33. The fraction of sp³-hybridized carbons (Fsp3) is 0.394. The fourth-order valence-corrected chi connectivity index (χ4v) is 7.10. The molecular weight excluding hydrogens is 526 g/mol. The molecule has 3 aliphatic rings. The van der Waals surface area contributed by atoms with E-state index in [0.717, 1.165) is 77.0 Å². The molecule has 2 aliphatic heterocycles. The van der Waals surface area contributed by atoms with E-state index in [2.05, 4.69) is 33.8 Å². The molecule has 9 nitrogen and oxygen atoms in total. The molecule has 2 amide bonds. The van der Waals surface area contributed by atoms with E-state index in [4.69, 9.17) is 0 Å². The molecule has 0 bridgehead atoms. The maximum atomic E-state index is 13.6. The number of nitrogens with zero attached hydrogens (tertiary/aromatic N) is 7. The van der Waals surface area contributed by atoms with Crippen LogP contribution in [0.2, 0.25) is 0 Å². The van der Waals surface area contributed by atoms with Crippen LogP contribution in [0.25, 0.3) is 27.7 Å². The Morgan fingerprint density at radius 3 is 2.79 bits per heavy atom. The lowest BCUT2D eigenvalue weighted by Crippen LogP contribution is -2.44. The van der Waals surface area contributed by atoms with Crippen LogP contribution in [-0.4, -0.2) is 80.7 Å². The van der Waals surface area contributed by atoms with E-state index in [1.165, 1.54) is 0 Å². The third kappa shape index (κ3) is 4.47. The van der Waals surface area contributed by atoms with E-state index in [1.807, 2.05) is 64.0 Å². The van der Waals surface area contributed by atoms with Gasteiger partial charge in [-0.1, -0.05) is 6.07 Å². The normalized spacial score (nSPS) is 18.2. The summed E-state index contributed by atoms with van der Waals surface area (Å²) in [6.45, 7) is 4.52. The van der Waals surface area contributed by atoms with E-state index < -0.39 is 0 Å². The molecule has 1 aliphatic carbocycles. The Labute approximate surface area is 245 Å². The summed E-state index contributed by atoms with van der Waals surface area (Å²) in [5.41, 5.74) is 6.83. The number of nitriles is 1. The van der Waals surface area contributed by atoms with Gasteiger partial charge in [0.2, 0.25) is 0 Å². The topological polar surface area (TPSA) is 89.9 Å². The molecule has 0 saturated carbocycles. The number of hydrogen-bond acceptors (Lipinski definition) is 5. The molecule has 0 radical (unpaired) electrons. The quantitative estimate of drug-likeness (QED) is 0.362. The summed E-state index contributed by atoms with van der Waals surface area (Å²) in [6, 6.07) is 12.0. The number of Topliss-reactive ketones (excluding diaryl/α,β-unsaturated/α-hetero) is 1. The summed E-state index contributed by atoms with van der Waals surface area (Å²) < 4.78 is 4.21. The van der Waals surface area contributed by atoms with Crippen molar-refractivity contribution >= 4 is 39.5 Å². The predicted molar refractivity (Wildman–Crippen MR) is 162 cm³/mol. The second-order valence-electron chi connectivity index (χ2n) is 12.1. The molecule has 0 N–H and O–H groups in total. The van der Waals surface area contributed by atoms with Gasteiger partial charge in [0, 0.05) is 68.6 Å². The van der Waals surface area contributed by atoms with Gasteiger partial charge < -0.3 is 19.3 Å². The Hall–Kier alpha value is -4.42. The molecule has 1 fully saturated rings. The number of piperidine rings is 1. The number of allylic oxidation sites excluding steroid dienone is 2. The monoisotopic (exact) mass is 561 g/mol. The lowest BCUT2D eigenvalue weighted by atomic mass is 9.96. The van der Waals surface area contributed by atoms with Gasteiger partial charge in [-0.3, -0.25) is 9.20 Å². The van der Waals surface area contributed by atoms with Gasteiger partial charge in [-0.05, 0) is 80.7 Å². The van der Waals surface area contributed by atoms with Crippen LogP contribution in [-0.2, 0) is 17.9 Å². The van der Waals surface area contributed by atoms with E-state index in [-0.39, 0.29) is 11.8 Å². The summed E-state index contributed by atoms with van der Waals surface area (Å²) >= 11 is 0. The number of aromatic nitrogens is 3. The van der Waals surface area contributed by atoms with Crippen molar-refractivity contribution in [3.8, 4) is 6.07 Å². The Morgan fingerprint density at radius 2 is 1.98 bits per heavy atom. The van der Waals surface area contributed by atoms with Gasteiger partial charge in [0.1, 0.15) is 5.65 Å². The van der Waals surface area contributed by atoms with Crippen molar-refractivity contribution in [1.82, 2.24) is 28.7 Å². The SMILES string of the molecule is CN1CCC(CN(C)C(=O)N2CCn3cc(C4=C(c5cnc6ccccn56)CCC4=O)c4cc(C#N)cc(c43)C2)CC1. The Balaban J connectivity index is 1.26. The summed E-state index contributed by atoms with van der Waals surface area (Å²) in [5.74, 6) is 0.634. The third-order valence-corrected chi connectivity index (χ3v) is 9.30. The molecule has 0 spiro atoms. The number of carbonyl (C=O) groups excluding carboxylic acids is 2. The van der Waals surface area contributed by atoms with Gasteiger partial charge >= 0.3 is 6.03 Å². The van der Waals surface area contributed by atoms with Crippen molar-refractivity contribution in [2.75, 3.05) is 40.3 Å². The van der Waals surface area contributed by atoms with Crippen LogP contribution < -0.4 is 0 Å². The molecule has 7 rings (SSSR count). The standard InChI is InChI=1S/C33H35N7O2/c1-36-11-8-22(9-12-36)19-37(2)33(42)39-14-13-38-21-27(26-16-23(17-34)15-24(20-39)32(26)38)31-25(6-7-29(31)41)28-18-35-30-5-3-4-10-40(28)30/h3-5,10,15-16,18,21-22H,6-9,11-14,19-20H2,1-2H3. The zero-order chi connectivity index (χ0) is 29.0. The fourth-order valence-electron chi connectivity index (χ4n) is 7.10. The van der Waals surface area contributed by atoms with Crippen LogP contribution in [0.4, 0.5) is 4.79 Å². The van der Waals surface area contributed by atoms with Crippen LogP contribution >= 0.6 is 0 Å². The van der Waals surface area contributed by atoms with E-state index in [1.54, 1.807) is 0 Å². The average molecular weight is 562 g/mol. The number of benzene rings is 1. The van der Waals surface area contributed by atoms with Crippen LogP contribution in [0, 0.1) is 17.2 Å². The maximum Gasteiger partial charge on any atom is 0.320 e. The van der Waals surface area contributed by atoms with Crippen LogP contribution in [0.1, 0.15) is 48.1 Å². The highest BCUT2D eigenvalue weighted by Gasteiger charge is 2.32. The van der Waals surface area contributed by atoms with Crippen molar-refractivity contribution < 1.29 is 9.59 Å². The molecule has 3 aromatic heterocycles. The highest BCUT2D eigenvalue weighted by molar-refractivity contribution is 6.33. The second kappa shape index (κ2) is 10.4. The first-order valence-electron chi connectivity index (χ1n) is 14.8. The summed E-state index contributed by atoms with van der Waals surface area (Å²) in [7, 11) is 4.06. The van der Waals surface area contributed by atoms with Crippen LogP contribution in [0.15, 0.2) is 48.9 Å². The summed E-state index contributed by atoms with van der Waals surface area (Å²) in [5, 5.41) is 10.9. The Morgan fingerprint density at radius 1 is 1.14 bits per heavy atom. The highest BCUT2D eigenvalue weighted by atomic mass is 16.2. The van der Waals surface area contributed by atoms with Crippen molar-refractivity contribution in [3.63, 3.8) is 0 Å². The van der Waals surface area contributed by atoms with Crippen molar-refractivity contribution in [2.24, 2.45) is 5.92 Å². The summed E-state index contributed by atoms with van der Waals surface area (Å²) in [6.07, 6.45) is 9.22. The zero-order valence-corrected chi connectivity index (χ0v) is 24.2. The first-order valence-corrected chi connectivity index (χ1v) is 14.8. The minimum absolute atomic E-state index is 0.0268. The molecule has 5 heterocycles. The van der Waals surface area contributed by atoms with Gasteiger partial charge in [-0.2, -0.15) is 5.26 Å². The van der Waals surface area contributed by atoms with E-state index in [9.17, 15) is 14.9 Å². The Bertz CT molecular complexity index is 1800. The number of urea groups is 1. The van der Waals surface area contributed by atoms with Gasteiger partial charge in [0.25, 0.3) is 0 Å². The molecular formula is C33H35N7O2. The lowest BCUT2D eigenvalue weighted by molar-refractivity contribution is -0.113. The number of amides is 2. The minimum Gasteiger partial charge on any atom is -0.345 e. The molecule has 42 heavy (non-hydrogen) atoms. The first-order chi connectivity index (χ1) is 20.4. The van der Waals surface area contributed by atoms with Crippen LogP contribution in [0.3, 0.4) is 0 Å². The van der Waals surface area contributed by atoms with Crippen LogP contribution in [0.5, 0.6) is 0 Å². The number of carbonyl (C=O) groups is 2. The predicted octanol–water partition coefficient (Wildman–Crippen LogP) is 4.64. The molecule has 214 valence electrons. The van der Waals surface area contributed by atoms with Gasteiger partial charge in [0.15, 0.2) is 5.78 Å². The second-order valence-corrected chi connectivity index (χ2v) is 12.1. The molecule has 1 saturated heterocycles. The number of hydrogen-bond donors (Lipinski definition) is 0. The number of pyridine rings is 1. The maximum absolute atomic E-state index is 13.6. The molecule has 4 aromatic rings. The number of fused-ring (bicyclic) bond motifs is 1. The first kappa shape index (κ1) is 26.5. The molecule has 0 unspecified atom stereocenters. The van der Waals surface area contributed by atoms with Gasteiger partial charge in [-0.15, -0.1) is 0 Å². The number of rotatable bonds is 4. The smallest absolute Gasteiger partial charge is 0.320 e. The Kier molecular flexibility index (Phi) is 6.59. The van der Waals surface area contributed by atoms with Gasteiger partial charge in [-0.25, -0.2) is 9.78 Å². The van der Waals surface area contributed by atoms with Crippen molar-refractivity contribution in [2.45, 2.75) is 38.8 Å². The number of imidazole rings is 1. The van der Waals surface area contributed by atoms with Crippen molar-refractivity contribution in [1.29, 1.82) is 5.26 Å². The third-order valence-electron chi connectivity index (χ3n) is 9.30. The average Bonchev–Trinajstić information content (AvgIpc) is 3.66. The summed E-state index contributed by atoms with van der Waals surface area (Å²) in [4.78, 5) is 37.8. The molecule has 1 aromatic carbocycles. The number of likely N-dealkylation sites (tertiary alicyclic amines) is 1. The highest BCUT2D eigenvalue weighted by Crippen LogP contribution is 2.42. The van der Waals surface area contributed by atoms with Gasteiger partial charge in [0.05, 0.1) is 29.0 Å². The van der Waals surface area contributed by atoms with Crippen molar-refractivity contribution in [3.05, 3.63) is 71.3 Å². The largest absolute Gasteiger partial charge is 0.345 e.